The number of sulfonamides is 1. The largest absolute Gasteiger partial charge is 0.424 e. The van der Waals surface area contributed by atoms with E-state index in [0.29, 0.717) is 28.2 Å². The Morgan fingerprint density at radius 1 is 0.861 bits per heavy atom. The van der Waals surface area contributed by atoms with Gasteiger partial charge in [-0.1, -0.05) is 84.4 Å². The highest BCUT2D eigenvalue weighted by atomic mass is 35.5. The normalized spacial score (nSPS) is 12.0. The lowest BCUT2D eigenvalue weighted by Gasteiger charge is -2.12. The Kier molecular flexibility index (Phi) is 8.18. The molecule has 4 aromatic rings. The zero-order valence-electron chi connectivity index (χ0n) is 19.2. The Balaban J connectivity index is 1.56. The van der Waals surface area contributed by atoms with Crippen LogP contribution >= 0.6 is 11.6 Å². The van der Waals surface area contributed by atoms with Gasteiger partial charge in [0.05, 0.1) is 5.41 Å². The highest BCUT2D eigenvalue weighted by Gasteiger charge is 2.14. The number of carbonyl (C=O) groups excluding carboxylic acids is 1. The molecule has 0 aliphatic heterocycles. The van der Waals surface area contributed by atoms with Gasteiger partial charge in [-0.15, -0.1) is 0 Å². The van der Waals surface area contributed by atoms with Crippen LogP contribution in [0.3, 0.4) is 0 Å². The number of benzene rings is 4. The van der Waals surface area contributed by atoms with Gasteiger partial charge in [-0.2, -0.15) is 0 Å². The van der Waals surface area contributed by atoms with Gasteiger partial charge in [0.25, 0.3) is 0 Å². The van der Waals surface area contributed by atoms with E-state index in [-0.39, 0.29) is 6.54 Å². The number of nitrogens with one attached hydrogen (secondary N) is 1. The first-order chi connectivity index (χ1) is 17.4. The standard InChI is InChI=1S/C28H24ClNO5S/c29-23-14-12-22(13-15-23)26(20-6-2-1-3-7-20)19-36(33,34)30-17-16-21-8-4-10-25-24(21)9-5-11-27(25)35-28(32)18-31/h1-15,19,30-31H,16-18H2. The first-order valence-corrected chi connectivity index (χ1v) is 13.1. The molecule has 4 aromatic carbocycles. The summed E-state index contributed by atoms with van der Waals surface area (Å²) >= 11 is 6.02. The van der Waals surface area contributed by atoms with Crippen LogP contribution < -0.4 is 9.46 Å². The molecular formula is C28H24ClNO5S. The summed E-state index contributed by atoms with van der Waals surface area (Å²) in [7, 11) is -3.78. The number of hydrogen-bond acceptors (Lipinski definition) is 5. The van der Waals surface area contributed by atoms with E-state index in [2.05, 4.69) is 4.72 Å². The molecule has 0 spiro atoms. The van der Waals surface area contributed by atoms with Crippen molar-refractivity contribution in [2.45, 2.75) is 6.42 Å². The van der Waals surface area contributed by atoms with Crippen molar-refractivity contribution in [3.63, 3.8) is 0 Å². The van der Waals surface area contributed by atoms with Crippen molar-refractivity contribution in [2.24, 2.45) is 0 Å². The molecule has 36 heavy (non-hydrogen) atoms. The Morgan fingerprint density at radius 3 is 2.25 bits per heavy atom. The van der Waals surface area contributed by atoms with Gasteiger partial charge in [-0.3, -0.25) is 0 Å². The van der Waals surface area contributed by atoms with Gasteiger partial charge in [0.1, 0.15) is 12.4 Å². The van der Waals surface area contributed by atoms with Gasteiger partial charge in [0, 0.05) is 22.5 Å². The lowest BCUT2D eigenvalue weighted by atomic mass is 10.00. The van der Waals surface area contributed by atoms with Crippen LogP contribution in [0.2, 0.25) is 5.02 Å². The van der Waals surface area contributed by atoms with E-state index >= 15 is 0 Å². The molecule has 0 amide bonds. The third kappa shape index (κ3) is 6.38. The Bertz CT molecular complexity index is 1500. The Labute approximate surface area is 214 Å². The molecule has 0 fully saturated rings. The molecule has 0 radical (unpaired) electrons. The molecule has 0 aliphatic rings. The van der Waals surface area contributed by atoms with Crippen LogP contribution in [0.25, 0.3) is 16.3 Å². The predicted molar refractivity (Wildman–Crippen MR) is 142 cm³/mol. The van der Waals surface area contributed by atoms with Gasteiger partial charge in [-0.05, 0) is 46.7 Å². The molecule has 0 saturated carbocycles. The van der Waals surface area contributed by atoms with Crippen LogP contribution in [0, 0.1) is 0 Å². The van der Waals surface area contributed by atoms with Crippen molar-refractivity contribution >= 4 is 43.9 Å². The summed E-state index contributed by atoms with van der Waals surface area (Å²) in [5.74, 6) is -0.408. The predicted octanol–water partition coefficient (Wildman–Crippen LogP) is 4.94. The van der Waals surface area contributed by atoms with Gasteiger partial charge in [0.2, 0.25) is 10.0 Å². The van der Waals surface area contributed by atoms with Gasteiger partial charge < -0.3 is 9.84 Å². The fraction of sp³-hybridized carbons (Fsp3) is 0.107. The maximum atomic E-state index is 13.0. The van der Waals surface area contributed by atoms with E-state index in [1.165, 1.54) is 5.41 Å². The van der Waals surface area contributed by atoms with Crippen LogP contribution in [0.15, 0.2) is 96.4 Å². The average Bonchev–Trinajstić information content (AvgIpc) is 2.88. The number of halogens is 1. The summed E-state index contributed by atoms with van der Waals surface area (Å²) in [4.78, 5) is 11.5. The second-order valence-corrected chi connectivity index (χ2v) is 10.0. The number of ether oxygens (including phenoxy) is 1. The lowest BCUT2D eigenvalue weighted by Crippen LogP contribution is -2.24. The van der Waals surface area contributed by atoms with E-state index in [1.807, 2.05) is 54.6 Å². The number of carbonyl (C=O) groups is 1. The summed E-state index contributed by atoms with van der Waals surface area (Å²) in [6, 6.07) is 27.1. The number of aliphatic hydroxyl groups excluding tert-OH is 1. The van der Waals surface area contributed by atoms with Crippen molar-refractivity contribution in [3.05, 3.63) is 118 Å². The molecule has 0 unspecified atom stereocenters. The van der Waals surface area contributed by atoms with Crippen LogP contribution in [0.1, 0.15) is 16.7 Å². The summed E-state index contributed by atoms with van der Waals surface area (Å²) in [6.45, 7) is -0.548. The second-order valence-electron chi connectivity index (χ2n) is 7.99. The molecule has 0 aliphatic carbocycles. The van der Waals surface area contributed by atoms with Crippen LogP contribution in [-0.4, -0.2) is 32.6 Å². The Morgan fingerprint density at radius 2 is 1.53 bits per heavy atom. The number of fused-ring (bicyclic) bond motifs is 1. The fourth-order valence-electron chi connectivity index (χ4n) is 3.88. The monoisotopic (exact) mass is 521 g/mol. The van der Waals surface area contributed by atoms with Crippen molar-refractivity contribution in [2.75, 3.05) is 13.2 Å². The number of esters is 1. The summed E-state index contributed by atoms with van der Waals surface area (Å²) in [5.41, 5.74) is 2.95. The van der Waals surface area contributed by atoms with Crippen molar-refractivity contribution in [1.82, 2.24) is 4.72 Å². The topological polar surface area (TPSA) is 92.7 Å². The molecule has 2 N–H and O–H groups in total. The minimum absolute atomic E-state index is 0.168. The summed E-state index contributed by atoms with van der Waals surface area (Å²) in [6.07, 6.45) is 0.420. The number of hydrogen-bond donors (Lipinski definition) is 2. The van der Waals surface area contributed by atoms with E-state index in [0.717, 1.165) is 22.1 Å². The van der Waals surface area contributed by atoms with Crippen LogP contribution in [-0.2, 0) is 21.2 Å². The first kappa shape index (κ1) is 25.6. The molecule has 0 aromatic heterocycles. The van der Waals surface area contributed by atoms with E-state index < -0.39 is 22.6 Å². The van der Waals surface area contributed by atoms with Gasteiger partial charge >= 0.3 is 5.97 Å². The quantitative estimate of drug-likeness (QED) is 0.240. The highest BCUT2D eigenvalue weighted by Crippen LogP contribution is 2.29. The number of rotatable bonds is 9. The molecule has 0 heterocycles. The summed E-state index contributed by atoms with van der Waals surface area (Å²) in [5, 5.41) is 12.3. The highest BCUT2D eigenvalue weighted by molar-refractivity contribution is 7.92. The van der Waals surface area contributed by atoms with E-state index in [9.17, 15) is 13.2 Å². The molecule has 0 atom stereocenters. The first-order valence-electron chi connectivity index (χ1n) is 11.2. The Hall–Kier alpha value is -3.49. The maximum absolute atomic E-state index is 13.0. The van der Waals surface area contributed by atoms with E-state index in [1.54, 1.807) is 36.4 Å². The number of aliphatic hydroxyl groups is 1. The maximum Gasteiger partial charge on any atom is 0.337 e. The minimum Gasteiger partial charge on any atom is -0.424 e. The molecule has 6 nitrogen and oxygen atoms in total. The SMILES string of the molecule is O=C(CO)Oc1cccc2c(CCNS(=O)(=O)C=C(c3ccccc3)c3ccc(Cl)cc3)cccc12. The lowest BCUT2D eigenvalue weighted by molar-refractivity contribution is -0.137. The van der Waals surface area contributed by atoms with Crippen LogP contribution in [0.5, 0.6) is 5.75 Å². The molecular weight excluding hydrogens is 498 g/mol. The minimum atomic E-state index is -3.78. The molecule has 0 saturated heterocycles. The summed E-state index contributed by atoms with van der Waals surface area (Å²) < 4.78 is 33.9. The van der Waals surface area contributed by atoms with Crippen LogP contribution in [0.4, 0.5) is 0 Å². The van der Waals surface area contributed by atoms with Gasteiger partial charge in [0.15, 0.2) is 0 Å². The second kappa shape index (κ2) is 11.5. The van der Waals surface area contributed by atoms with Crippen molar-refractivity contribution in [3.8, 4) is 5.75 Å². The molecule has 8 heteroatoms. The van der Waals surface area contributed by atoms with Gasteiger partial charge in [-0.25, -0.2) is 17.9 Å². The zero-order chi connectivity index (χ0) is 25.5. The third-order valence-electron chi connectivity index (χ3n) is 5.54. The average molecular weight is 522 g/mol. The van der Waals surface area contributed by atoms with Crippen molar-refractivity contribution in [1.29, 1.82) is 0 Å². The van der Waals surface area contributed by atoms with E-state index in [4.69, 9.17) is 21.4 Å². The molecule has 184 valence electrons. The fourth-order valence-corrected chi connectivity index (χ4v) is 5.06. The zero-order valence-corrected chi connectivity index (χ0v) is 20.8. The molecule has 0 bridgehead atoms. The van der Waals surface area contributed by atoms with Crippen molar-refractivity contribution < 1.29 is 23.1 Å². The smallest absolute Gasteiger partial charge is 0.337 e. The third-order valence-corrected chi connectivity index (χ3v) is 6.94. The molecule has 4 rings (SSSR count).